The largest absolute Gasteiger partial charge is 0.493 e. The molecule has 0 saturated carbocycles. The van der Waals surface area contributed by atoms with Crippen molar-refractivity contribution in [1.82, 2.24) is 10.2 Å². The molecule has 28 heavy (non-hydrogen) atoms. The lowest BCUT2D eigenvalue weighted by molar-refractivity contribution is 0.355. The predicted octanol–water partition coefficient (Wildman–Crippen LogP) is 5.61. The van der Waals surface area contributed by atoms with Crippen LogP contribution in [-0.4, -0.2) is 24.4 Å². The maximum absolute atomic E-state index is 5.37. The number of methoxy groups -OCH3 is 2. The Bertz CT molecular complexity index is 1090. The van der Waals surface area contributed by atoms with Crippen molar-refractivity contribution in [2.75, 3.05) is 14.2 Å². The fourth-order valence-electron chi connectivity index (χ4n) is 3.12. The van der Waals surface area contributed by atoms with Crippen LogP contribution in [0.1, 0.15) is 5.56 Å². The molecule has 3 aromatic carbocycles. The van der Waals surface area contributed by atoms with Gasteiger partial charge < -0.3 is 9.47 Å². The highest BCUT2D eigenvalue weighted by Crippen LogP contribution is 2.32. The summed E-state index contributed by atoms with van der Waals surface area (Å²) in [6.07, 6.45) is 0. The Kier molecular flexibility index (Phi) is 5.44. The Morgan fingerprint density at radius 3 is 2.39 bits per heavy atom. The predicted molar refractivity (Wildman–Crippen MR) is 114 cm³/mol. The van der Waals surface area contributed by atoms with E-state index in [0.717, 1.165) is 22.0 Å². The summed E-state index contributed by atoms with van der Waals surface area (Å²) in [7, 11) is 3.25. The van der Waals surface area contributed by atoms with Gasteiger partial charge in [0, 0.05) is 11.3 Å². The summed E-state index contributed by atoms with van der Waals surface area (Å²) in [5.41, 5.74) is 3.04. The highest BCUT2D eigenvalue weighted by Gasteiger charge is 2.08. The van der Waals surface area contributed by atoms with E-state index in [1.165, 1.54) is 16.3 Å². The first kappa shape index (κ1) is 18.3. The van der Waals surface area contributed by atoms with E-state index in [9.17, 15) is 0 Å². The first-order chi connectivity index (χ1) is 13.8. The van der Waals surface area contributed by atoms with E-state index in [1.807, 2.05) is 30.3 Å². The van der Waals surface area contributed by atoms with Gasteiger partial charge in [0.05, 0.1) is 19.9 Å². The van der Waals surface area contributed by atoms with Gasteiger partial charge in [0.2, 0.25) is 0 Å². The molecule has 0 aliphatic carbocycles. The highest BCUT2D eigenvalue weighted by molar-refractivity contribution is 7.98. The van der Waals surface area contributed by atoms with Crippen molar-refractivity contribution >= 4 is 22.5 Å². The van der Waals surface area contributed by atoms with Crippen molar-refractivity contribution < 1.29 is 9.47 Å². The molecule has 0 aliphatic rings. The fraction of sp³-hybridized carbons (Fsp3) is 0.130. The standard InChI is InChI=1S/C23H20N2O2S/c1-26-21-12-10-17(14-22(21)27-2)20-11-13-23(25-24-20)28-15-18-8-5-7-16-6-3-4-9-19(16)18/h3-14H,15H2,1-2H3. The monoisotopic (exact) mass is 388 g/mol. The third-order valence-electron chi connectivity index (χ3n) is 4.57. The summed E-state index contributed by atoms with van der Waals surface area (Å²) in [5.74, 6) is 2.23. The second-order valence-electron chi connectivity index (χ2n) is 6.25. The van der Waals surface area contributed by atoms with E-state index >= 15 is 0 Å². The van der Waals surface area contributed by atoms with E-state index in [1.54, 1.807) is 26.0 Å². The highest BCUT2D eigenvalue weighted by atomic mass is 32.2. The van der Waals surface area contributed by atoms with Crippen LogP contribution in [0.15, 0.2) is 77.8 Å². The number of hydrogen-bond donors (Lipinski definition) is 0. The maximum Gasteiger partial charge on any atom is 0.161 e. The molecule has 140 valence electrons. The van der Waals surface area contributed by atoms with Crippen LogP contribution in [0.25, 0.3) is 22.0 Å². The van der Waals surface area contributed by atoms with Crippen LogP contribution < -0.4 is 9.47 Å². The van der Waals surface area contributed by atoms with Gasteiger partial charge in [-0.1, -0.05) is 54.2 Å². The zero-order valence-corrected chi connectivity index (χ0v) is 16.6. The van der Waals surface area contributed by atoms with Crippen LogP contribution >= 0.6 is 11.8 Å². The molecule has 5 heteroatoms. The molecule has 0 aliphatic heterocycles. The van der Waals surface area contributed by atoms with E-state index in [2.05, 4.69) is 52.7 Å². The second kappa shape index (κ2) is 8.31. The van der Waals surface area contributed by atoms with E-state index in [-0.39, 0.29) is 0 Å². The number of nitrogens with zero attached hydrogens (tertiary/aromatic N) is 2. The normalized spacial score (nSPS) is 10.8. The molecule has 1 aromatic heterocycles. The van der Waals surface area contributed by atoms with Crippen molar-refractivity contribution in [2.24, 2.45) is 0 Å². The Balaban J connectivity index is 1.51. The van der Waals surface area contributed by atoms with Gasteiger partial charge in [-0.3, -0.25) is 0 Å². The number of ether oxygens (including phenoxy) is 2. The number of aromatic nitrogens is 2. The second-order valence-corrected chi connectivity index (χ2v) is 7.25. The third kappa shape index (κ3) is 3.80. The number of rotatable bonds is 6. The third-order valence-corrected chi connectivity index (χ3v) is 5.54. The number of hydrogen-bond acceptors (Lipinski definition) is 5. The lowest BCUT2D eigenvalue weighted by Crippen LogP contribution is -1.93. The molecular formula is C23H20N2O2S. The average molecular weight is 388 g/mol. The summed E-state index contributed by atoms with van der Waals surface area (Å²) in [6.45, 7) is 0. The molecule has 0 atom stereocenters. The molecule has 4 nitrogen and oxygen atoms in total. The van der Waals surface area contributed by atoms with Crippen molar-refractivity contribution in [2.45, 2.75) is 10.8 Å². The van der Waals surface area contributed by atoms with Gasteiger partial charge >= 0.3 is 0 Å². The van der Waals surface area contributed by atoms with Gasteiger partial charge in [-0.15, -0.1) is 10.2 Å². The van der Waals surface area contributed by atoms with Gasteiger partial charge in [-0.2, -0.15) is 0 Å². The minimum Gasteiger partial charge on any atom is -0.493 e. The average Bonchev–Trinajstić information content (AvgIpc) is 2.77. The summed E-state index contributed by atoms with van der Waals surface area (Å²) in [5, 5.41) is 12.2. The summed E-state index contributed by atoms with van der Waals surface area (Å²) >= 11 is 1.69. The molecule has 1 heterocycles. The van der Waals surface area contributed by atoms with Crippen LogP contribution in [0.4, 0.5) is 0 Å². The van der Waals surface area contributed by atoms with Crippen LogP contribution in [-0.2, 0) is 5.75 Å². The van der Waals surface area contributed by atoms with Crippen LogP contribution in [0.3, 0.4) is 0 Å². The van der Waals surface area contributed by atoms with Crippen molar-refractivity contribution in [1.29, 1.82) is 0 Å². The van der Waals surface area contributed by atoms with Gasteiger partial charge in [0.1, 0.15) is 5.03 Å². The smallest absolute Gasteiger partial charge is 0.161 e. The molecule has 0 spiro atoms. The number of thioether (sulfide) groups is 1. The molecule has 0 fully saturated rings. The molecule has 4 aromatic rings. The van der Waals surface area contributed by atoms with Crippen molar-refractivity contribution in [3.05, 3.63) is 78.4 Å². The molecule has 4 rings (SSSR count). The maximum atomic E-state index is 5.37. The Morgan fingerprint density at radius 1 is 0.786 bits per heavy atom. The Labute approximate surface area is 168 Å². The molecule has 0 bridgehead atoms. The van der Waals surface area contributed by atoms with Crippen LogP contribution in [0, 0.1) is 0 Å². The number of benzene rings is 3. The summed E-state index contributed by atoms with van der Waals surface area (Å²) < 4.78 is 10.7. The first-order valence-corrected chi connectivity index (χ1v) is 9.92. The lowest BCUT2D eigenvalue weighted by atomic mass is 10.1. The summed E-state index contributed by atoms with van der Waals surface area (Å²) in [4.78, 5) is 0. The quantitative estimate of drug-likeness (QED) is 0.402. The summed E-state index contributed by atoms with van der Waals surface area (Å²) in [6, 6.07) is 24.6. The first-order valence-electron chi connectivity index (χ1n) is 8.94. The minimum atomic E-state index is 0.677. The van der Waals surface area contributed by atoms with E-state index in [0.29, 0.717) is 11.5 Å². The lowest BCUT2D eigenvalue weighted by Gasteiger charge is -2.09. The zero-order chi connectivity index (χ0) is 19.3. The Hall–Kier alpha value is -3.05. The molecule has 0 unspecified atom stereocenters. The van der Waals surface area contributed by atoms with Gasteiger partial charge in [-0.25, -0.2) is 0 Å². The fourth-order valence-corrected chi connectivity index (χ4v) is 3.93. The van der Waals surface area contributed by atoms with Crippen LogP contribution in [0.2, 0.25) is 0 Å². The zero-order valence-electron chi connectivity index (χ0n) is 15.8. The van der Waals surface area contributed by atoms with Gasteiger partial charge in [0.25, 0.3) is 0 Å². The molecule has 0 amide bonds. The Morgan fingerprint density at radius 2 is 1.61 bits per heavy atom. The molecular weight excluding hydrogens is 368 g/mol. The molecule has 0 radical (unpaired) electrons. The number of fused-ring (bicyclic) bond motifs is 1. The van der Waals surface area contributed by atoms with Gasteiger partial charge in [-0.05, 0) is 46.7 Å². The van der Waals surface area contributed by atoms with E-state index < -0.39 is 0 Å². The van der Waals surface area contributed by atoms with Crippen LogP contribution in [0.5, 0.6) is 11.5 Å². The SMILES string of the molecule is COc1ccc(-c2ccc(SCc3cccc4ccccc34)nn2)cc1OC. The topological polar surface area (TPSA) is 44.2 Å². The molecule has 0 N–H and O–H groups in total. The van der Waals surface area contributed by atoms with Crippen molar-refractivity contribution in [3.8, 4) is 22.8 Å². The molecule has 0 saturated heterocycles. The minimum absolute atomic E-state index is 0.677. The van der Waals surface area contributed by atoms with Gasteiger partial charge in [0.15, 0.2) is 11.5 Å². The van der Waals surface area contributed by atoms with E-state index in [4.69, 9.17) is 9.47 Å². The van der Waals surface area contributed by atoms with Crippen molar-refractivity contribution in [3.63, 3.8) is 0 Å².